The molecule has 3 N–H and O–H groups in total. The van der Waals surface area contributed by atoms with Gasteiger partial charge in [-0.2, -0.15) is 0 Å². The Hall–Kier alpha value is -1.97. The quantitative estimate of drug-likeness (QED) is 0.884. The van der Waals surface area contributed by atoms with Crippen molar-refractivity contribution in [2.24, 2.45) is 0 Å². The molecule has 2 aromatic heterocycles. The van der Waals surface area contributed by atoms with E-state index in [9.17, 15) is 0 Å². The van der Waals surface area contributed by atoms with E-state index in [1.54, 1.807) is 6.20 Å². The topological polar surface area (TPSA) is 64.1 Å². The number of pyridine rings is 1. The van der Waals surface area contributed by atoms with Crippen LogP contribution in [0.2, 0.25) is 0 Å². The smallest absolute Gasteiger partial charge is 0.126 e. The van der Waals surface area contributed by atoms with Gasteiger partial charge in [-0.15, -0.1) is 0 Å². The highest BCUT2D eigenvalue weighted by Crippen LogP contribution is 2.25. The lowest BCUT2D eigenvalue weighted by Crippen LogP contribution is -2.27. The monoisotopic (exact) mass is 259 g/mol. The molecule has 0 unspecified atom stereocenters. The fourth-order valence-corrected chi connectivity index (χ4v) is 1.86. The number of hydrogen-bond donors (Lipinski definition) is 2. The first-order chi connectivity index (χ1) is 8.88. The van der Waals surface area contributed by atoms with Crippen LogP contribution < -0.4 is 11.1 Å². The van der Waals surface area contributed by atoms with Gasteiger partial charge in [-0.05, 0) is 37.6 Å². The first-order valence-corrected chi connectivity index (χ1v) is 6.41. The summed E-state index contributed by atoms with van der Waals surface area (Å²) in [6.07, 6.45) is 1.68. The molecule has 4 nitrogen and oxygen atoms in total. The van der Waals surface area contributed by atoms with Gasteiger partial charge in [-0.1, -0.05) is 13.8 Å². The predicted molar refractivity (Wildman–Crippen MR) is 78.3 cm³/mol. The Bertz CT molecular complexity index is 573. The van der Waals surface area contributed by atoms with E-state index < -0.39 is 0 Å². The van der Waals surface area contributed by atoms with Crippen LogP contribution in [0, 0.1) is 13.8 Å². The molecule has 0 spiro atoms. The van der Waals surface area contributed by atoms with Gasteiger partial charge >= 0.3 is 0 Å². The molecular formula is C15H21N3O. The Kier molecular flexibility index (Phi) is 3.51. The molecule has 0 saturated heterocycles. The Morgan fingerprint density at radius 1 is 1.32 bits per heavy atom. The first kappa shape index (κ1) is 13.5. The van der Waals surface area contributed by atoms with Crippen LogP contribution in [0.3, 0.4) is 0 Å². The van der Waals surface area contributed by atoms with Crippen LogP contribution in [0.15, 0.2) is 28.8 Å². The van der Waals surface area contributed by atoms with Crippen LogP contribution in [0.25, 0.3) is 0 Å². The summed E-state index contributed by atoms with van der Waals surface area (Å²) in [6.45, 7) is 8.96. The molecule has 0 fully saturated rings. The van der Waals surface area contributed by atoms with E-state index in [1.165, 1.54) is 0 Å². The minimum absolute atomic E-state index is 0.0920. The second-order valence-corrected chi connectivity index (χ2v) is 5.57. The Labute approximate surface area is 114 Å². The number of furan rings is 1. The van der Waals surface area contributed by atoms with Gasteiger partial charge in [-0.3, -0.25) is 0 Å². The van der Waals surface area contributed by atoms with Crippen molar-refractivity contribution in [2.45, 2.75) is 33.1 Å². The lowest BCUT2D eigenvalue weighted by molar-refractivity contribution is 0.385. The van der Waals surface area contributed by atoms with Gasteiger partial charge in [0.05, 0.1) is 11.9 Å². The van der Waals surface area contributed by atoms with Gasteiger partial charge in [-0.25, -0.2) is 4.98 Å². The van der Waals surface area contributed by atoms with Crippen molar-refractivity contribution < 1.29 is 4.42 Å². The fourth-order valence-electron chi connectivity index (χ4n) is 1.86. The van der Waals surface area contributed by atoms with E-state index in [0.29, 0.717) is 5.69 Å². The van der Waals surface area contributed by atoms with Crippen molar-refractivity contribution in [1.82, 2.24) is 4.98 Å². The standard InChI is InChI=1S/C15H21N3O/c1-10-7-14(17-8-12(10)16)18-9-15(3,4)13-6-5-11(2)19-13/h5-8H,9,16H2,1-4H3,(H,17,18). The maximum absolute atomic E-state index is 5.76. The summed E-state index contributed by atoms with van der Waals surface area (Å²) < 4.78 is 5.70. The average molecular weight is 259 g/mol. The molecule has 0 aliphatic carbocycles. The summed E-state index contributed by atoms with van der Waals surface area (Å²) in [6, 6.07) is 5.97. The van der Waals surface area contributed by atoms with Gasteiger partial charge in [0.25, 0.3) is 0 Å². The summed E-state index contributed by atoms with van der Waals surface area (Å²) >= 11 is 0. The van der Waals surface area contributed by atoms with Crippen molar-refractivity contribution in [2.75, 3.05) is 17.6 Å². The zero-order chi connectivity index (χ0) is 14.0. The van der Waals surface area contributed by atoms with E-state index in [4.69, 9.17) is 10.2 Å². The minimum Gasteiger partial charge on any atom is -0.466 e. The number of nitrogens with zero attached hydrogens (tertiary/aromatic N) is 1. The maximum Gasteiger partial charge on any atom is 0.126 e. The molecule has 0 saturated carbocycles. The Morgan fingerprint density at radius 3 is 2.63 bits per heavy atom. The number of nitrogen functional groups attached to an aromatic ring is 1. The molecule has 0 atom stereocenters. The molecule has 0 radical (unpaired) electrons. The van der Waals surface area contributed by atoms with Crippen LogP contribution in [0.5, 0.6) is 0 Å². The molecule has 102 valence electrons. The van der Waals surface area contributed by atoms with E-state index in [1.807, 2.05) is 32.0 Å². The average Bonchev–Trinajstić information content (AvgIpc) is 2.78. The van der Waals surface area contributed by atoms with Gasteiger partial charge < -0.3 is 15.5 Å². The Morgan fingerprint density at radius 2 is 2.05 bits per heavy atom. The normalized spacial score (nSPS) is 11.6. The molecule has 0 amide bonds. The van der Waals surface area contributed by atoms with Crippen LogP contribution in [0.4, 0.5) is 11.5 Å². The molecule has 2 heterocycles. The molecule has 2 rings (SSSR count). The van der Waals surface area contributed by atoms with Crippen LogP contribution in [0.1, 0.15) is 30.9 Å². The second-order valence-electron chi connectivity index (χ2n) is 5.57. The SMILES string of the molecule is Cc1ccc(C(C)(C)CNc2cc(C)c(N)cn2)o1. The van der Waals surface area contributed by atoms with E-state index >= 15 is 0 Å². The third-order valence-electron chi connectivity index (χ3n) is 3.27. The van der Waals surface area contributed by atoms with Crippen LogP contribution in [-0.4, -0.2) is 11.5 Å². The van der Waals surface area contributed by atoms with Crippen molar-refractivity contribution in [3.8, 4) is 0 Å². The molecule has 0 bridgehead atoms. The molecule has 19 heavy (non-hydrogen) atoms. The van der Waals surface area contributed by atoms with Crippen LogP contribution >= 0.6 is 0 Å². The van der Waals surface area contributed by atoms with E-state index in [0.717, 1.165) is 29.4 Å². The molecule has 4 heteroatoms. The zero-order valence-corrected chi connectivity index (χ0v) is 11.9. The summed E-state index contributed by atoms with van der Waals surface area (Å²) in [5.74, 6) is 2.75. The number of rotatable bonds is 4. The lowest BCUT2D eigenvalue weighted by atomic mass is 9.90. The molecule has 0 aromatic carbocycles. The number of anilines is 2. The second kappa shape index (κ2) is 4.96. The first-order valence-electron chi connectivity index (χ1n) is 6.41. The molecule has 0 aliphatic rings. The Balaban J connectivity index is 2.07. The van der Waals surface area contributed by atoms with Crippen molar-refractivity contribution in [3.63, 3.8) is 0 Å². The minimum atomic E-state index is -0.0920. The van der Waals surface area contributed by atoms with Crippen LogP contribution in [-0.2, 0) is 5.41 Å². The van der Waals surface area contributed by atoms with Gasteiger partial charge in [0, 0.05) is 12.0 Å². The summed E-state index contributed by atoms with van der Waals surface area (Å²) in [7, 11) is 0. The van der Waals surface area contributed by atoms with Gasteiger partial charge in [0.1, 0.15) is 17.3 Å². The third-order valence-corrected chi connectivity index (χ3v) is 3.27. The summed E-state index contributed by atoms with van der Waals surface area (Å²) in [5, 5.41) is 3.33. The fraction of sp³-hybridized carbons (Fsp3) is 0.400. The predicted octanol–water partition coefficient (Wildman–Crippen LogP) is 3.26. The zero-order valence-electron chi connectivity index (χ0n) is 11.9. The number of hydrogen-bond acceptors (Lipinski definition) is 4. The van der Waals surface area contributed by atoms with Crippen molar-refractivity contribution in [1.29, 1.82) is 0 Å². The maximum atomic E-state index is 5.76. The highest BCUT2D eigenvalue weighted by atomic mass is 16.3. The number of aromatic nitrogens is 1. The molecular weight excluding hydrogens is 238 g/mol. The van der Waals surface area contributed by atoms with Gasteiger partial charge in [0.15, 0.2) is 0 Å². The largest absolute Gasteiger partial charge is 0.466 e. The summed E-state index contributed by atoms with van der Waals surface area (Å²) in [4.78, 5) is 4.27. The van der Waals surface area contributed by atoms with E-state index in [-0.39, 0.29) is 5.41 Å². The molecule has 0 aliphatic heterocycles. The number of nitrogens with two attached hydrogens (primary N) is 1. The van der Waals surface area contributed by atoms with E-state index in [2.05, 4.69) is 24.1 Å². The molecule has 2 aromatic rings. The lowest BCUT2D eigenvalue weighted by Gasteiger charge is -2.23. The highest BCUT2D eigenvalue weighted by molar-refractivity contribution is 5.51. The number of aryl methyl sites for hydroxylation is 2. The summed E-state index contributed by atoms with van der Waals surface area (Å²) in [5.41, 5.74) is 7.41. The third kappa shape index (κ3) is 3.08. The highest BCUT2D eigenvalue weighted by Gasteiger charge is 2.24. The van der Waals surface area contributed by atoms with Gasteiger partial charge in [0.2, 0.25) is 0 Å². The van der Waals surface area contributed by atoms with Crippen molar-refractivity contribution in [3.05, 3.63) is 41.5 Å². The number of nitrogens with one attached hydrogen (secondary N) is 1. The van der Waals surface area contributed by atoms with Crippen molar-refractivity contribution >= 4 is 11.5 Å².